The maximum atomic E-state index is 14.0. The molecule has 0 saturated heterocycles. The van der Waals surface area contributed by atoms with Gasteiger partial charge in [-0.25, -0.2) is 4.39 Å². The molecule has 0 fully saturated rings. The maximum Gasteiger partial charge on any atom is 0.132 e. The van der Waals surface area contributed by atoms with Gasteiger partial charge >= 0.3 is 0 Å². The fourth-order valence-electron chi connectivity index (χ4n) is 2.29. The average molecular weight is 303 g/mol. The highest BCUT2D eigenvalue weighted by atomic mass is 19.1. The van der Waals surface area contributed by atoms with Gasteiger partial charge in [-0.05, 0) is 35.4 Å². The molecule has 0 N–H and O–H groups in total. The normalized spacial score (nSPS) is 10.1. The Balaban J connectivity index is 1.73. The minimum Gasteiger partial charge on any atom is -0.489 e. The minimum atomic E-state index is -0.401. The molecule has 0 bridgehead atoms. The summed E-state index contributed by atoms with van der Waals surface area (Å²) in [5.41, 5.74) is 2.63. The Morgan fingerprint density at radius 1 is 0.913 bits per heavy atom. The van der Waals surface area contributed by atoms with Crippen molar-refractivity contribution in [1.82, 2.24) is 0 Å². The Morgan fingerprint density at radius 2 is 1.65 bits per heavy atom. The van der Waals surface area contributed by atoms with Crippen LogP contribution in [0.1, 0.15) is 11.1 Å². The monoisotopic (exact) mass is 303 g/mol. The first-order valence-corrected chi connectivity index (χ1v) is 7.23. The second-order valence-electron chi connectivity index (χ2n) is 5.11. The zero-order valence-corrected chi connectivity index (χ0v) is 12.4. The number of halogens is 1. The third kappa shape index (κ3) is 3.56. The fourth-order valence-corrected chi connectivity index (χ4v) is 2.29. The predicted octanol–water partition coefficient (Wildman–Crippen LogP) is 4.94. The first kappa shape index (κ1) is 14.8. The van der Waals surface area contributed by atoms with Crippen molar-refractivity contribution < 1.29 is 9.13 Å². The molecule has 0 amide bonds. The molecule has 0 spiro atoms. The van der Waals surface area contributed by atoms with E-state index in [1.165, 1.54) is 6.07 Å². The summed E-state index contributed by atoms with van der Waals surface area (Å²) in [7, 11) is 0. The van der Waals surface area contributed by atoms with E-state index in [-0.39, 0.29) is 0 Å². The number of rotatable bonds is 4. The molecule has 2 nitrogen and oxygen atoms in total. The lowest BCUT2D eigenvalue weighted by Gasteiger charge is -2.08. The van der Waals surface area contributed by atoms with Crippen molar-refractivity contribution in [2.45, 2.75) is 6.61 Å². The first-order chi connectivity index (χ1) is 11.3. The SMILES string of the molecule is N#Cc1ccc(-c2ccc(OCc3ccccc3)cc2)c(F)c1. The Kier molecular flexibility index (Phi) is 4.35. The molecule has 0 unspecified atom stereocenters. The van der Waals surface area contributed by atoms with Crippen LogP contribution in [0, 0.1) is 17.1 Å². The molecule has 0 radical (unpaired) electrons. The van der Waals surface area contributed by atoms with Crippen molar-refractivity contribution in [1.29, 1.82) is 5.26 Å². The van der Waals surface area contributed by atoms with Crippen molar-refractivity contribution in [3.8, 4) is 22.9 Å². The molecule has 0 aliphatic rings. The van der Waals surface area contributed by atoms with Gasteiger partial charge in [0.1, 0.15) is 18.2 Å². The van der Waals surface area contributed by atoms with Crippen LogP contribution in [0.4, 0.5) is 4.39 Å². The van der Waals surface area contributed by atoms with E-state index in [2.05, 4.69) is 0 Å². The van der Waals surface area contributed by atoms with Crippen molar-refractivity contribution in [3.63, 3.8) is 0 Å². The minimum absolute atomic E-state index is 0.314. The highest BCUT2D eigenvalue weighted by Gasteiger charge is 2.06. The van der Waals surface area contributed by atoms with Crippen LogP contribution >= 0.6 is 0 Å². The summed E-state index contributed by atoms with van der Waals surface area (Å²) in [4.78, 5) is 0. The number of nitriles is 1. The zero-order valence-electron chi connectivity index (χ0n) is 12.4. The molecular weight excluding hydrogens is 289 g/mol. The van der Waals surface area contributed by atoms with Gasteiger partial charge in [0.15, 0.2) is 0 Å². The van der Waals surface area contributed by atoms with Crippen molar-refractivity contribution in [2.75, 3.05) is 0 Å². The maximum absolute atomic E-state index is 14.0. The van der Waals surface area contributed by atoms with Gasteiger partial charge in [0, 0.05) is 5.56 Å². The largest absolute Gasteiger partial charge is 0.489 e. The Bertz CT molecular complexity index is 836. The second kappa shape index (κ2) is 6.76. The number of hydrogen-bond acceptors (Lipinski definition) is 2. The smallest absolute Gasteiger partial charge is 0.132 e. The van der Waals surface area contributed by atoms with Crippen molar-refractivity contribution >= 4 is 0 Å². The van der Waals surface area contributed by atoms with Crippen LogP contribution in [0.5, 0.6) is 5.75 Å². The third-order valence-electron chi connectivity index (χ3n) is 3.51. The van der Waals surface area contributed by atoms with Crippen LogP contribution in [-0.4, -0.2) is 0 Å². The van der Waals surface area contributed by atoms with Gasteiger partial charge in [-0.3, -0.25) is 0 Å². The van der Waals surface area contributed by atoms with Crippen LogP contribution < -0.4 is 4.74 Å². The van der Waals surface area contributed by atoms with Crippen molar-refractivity contribution in [3.05, 3.63) is 89.7 Å². The standard InChI is InChI=1S/C20H14FNO/c21-20-12-16(13-22)6-11-19(20)17-7-9-18(10-8-17)23-14-15-4-2-1-3-5-15/h1-12H,14H2. The van der Waals surface area contributed by atoms with Gasteiger partial charge in [-0.2, -0.15) is 5.26 Å². The van der Waals surface area contributed by atoms with Gasteiger partial charge in [0.05, 0.1) is 11.6 Å². The molecule has 3 aromatic rings. The summed E-state index contributed by atoms with van der Waals surface area (Å²) in [5.74, 6) is 0.327. The lowest BCUT2D eigenvalue weighted by atomic mass is 10.0. The van der Waals surface area contributed by atoms with E-state index in [9.17, 15) is 4.39 Å². The number of nitrogens with zero attached hydrogens (tertiary/aromatic N) is 1. The lowest BCUT2D eigenvalue weighted by Crippen LogP contribution is -1.94. The topological polar surface area (TPSA) is 33.0 Å². The van der Waals surface area contributed by atoms with Crippen LogP contribution in [0.15, 0.2) is 72.8 Å². The number of ether oxygens (including phenoxy) is 1. The summed E-state index contributed by atoms with van der Waals surface area (Å²) in [6, 6.07) is 23.6. The van der Waals surface area contributed by atoms with E-state index in [0.717, 1.165) is 16.9 Å². The zero-order chi connectivity index (χ0) is 16.1. The summed E-state index contributed by atoms with van der Waals surface area (Å²) >= 11 is 0. The molecule has 0 aliphatic carbocycles. The average Bonchev–Trinajstić information content (AvgIpc) is 2.61. The van der Waals surface area contributed by atoms with E-state index in [4.69, 9.17) is 10.00 Å². The first-order valence-electron chi connectivity index (χ1n) is 7.23. The molecule has 23 heavy (non-hydrogen) atoms. The predicted molar refractivity (Wildman–Crippen MR) is 87.3 cm³/mol. The van der Waals surface area contributed by atoms with Gasteiger partial charge < -0.3 is 4.74 Å². The molecule has 3 rings (SSSR count). The highest BCUT2D eigenvalue weighted by molar-refractivity contribution is 5.65. The van der Waals surface area contributed by atoms with Crippen LogP contribution in [0.3, 0.4) is 0 Å². The van der Waals surface area contributed by atoms with Gasteiger partial charge in [0.2, 0.25) is 0 Å². The third-order valence-corrected chi connectivity index (χ3v) is 3.51. The van der Waals surface area contributed by atoms with Crippen LogP contribution in [0.25, 0.3) is 11.1 Å². The van der Waals surface area contributed by atoms with Crippen LogP contribution in [-0.2, 0) is 6.61 Å². The van der Waals surface area contributed by atoms with E-state index in [1.807, 2.05) is 60.7 Å². The lowest BCUT2D eigenvalue weighted by molar-refractivity contribution is 0.306. The van der Waals surface area contributed by atoms with Crippen LogP contribution in [0.2, 0.25) is 0 Å². The molecule has 0 aromatic heterocycles. The Hall–Kier alpha value is -3.12. The molecule has 0 atom stereocenters. The number of benzene rings is 3. The summed E-state index contributed by atoms with van der Waals surface area (Å²) in [6.45, 7) is 0.491. The molecule has 3 aromatic carbocycles. The summed E-state index contributed by atoms with van der Waals surface area (Å²) < 4.78 is 19.7. The second-order valence-corrected chi connectivity index (χ2v) is 5.11. The molecule has 0 heterocycles. The Morgan fingerprint density at radius 3 is 2.30 bits per heavy atom. The Labute approximate surface area is 134 Å². The molecular formula is C20H14FNO. The molecule has 0 saturated carbocycles. The number of hydrogen-bond donors (Lipinski definition) is 0. The van der Waals surface area contributed by atoms with Gasteiger partial charge in [0.25, 0.3) is 0 Å². The van der Waals surface area contributed by atoms with E-state index in [0.29, 0.717) is 17.7 Å². The van der Waals surface area contributed by atoms with E-state index in [1.54, 1.807) is 12.1 Å². The summed E-state index contributed by atoms with van der Waals surface area (Å²) in [6.07, 6.45) is 0. The van der Waals surface area contributed by atoms with E-state index < -0.39 is 5.82 Å². The molecule has 112 valence electrons. The van der Waals surface area contributed by atoms with Crippen molar-refractivity contribution in [2.24, 2.45) is 0 Å². The highest BCUT2D eigenvalue weighted by Crippen LogP contribution is 2.26. The summed E-state index contributed by atoms with van der Waals surface area (Å²) in [5, 5.41) is 8.78. The van der Waals surface area contributed by atoms with E-state index >= 15 is 0 Å². The fraction of sp³-hybridized carbons (Fsp3) is 0.0500. The quantitative estimate of drug-likeness (QED) is 0.683. The van der Waals surface area contributed by atoms with Gasteiger partial charge in [-0.15, -0.1) is 0 Å². The molecule has 3 heteroatoms. The molecule has 0 aliphatic heterocycles. The van der Waals surface area contributed by atoms with Gasteiger partial charge in [-0.1, -0.05) is 48.5 Å².